The van der Waals surface area contributed by atoms with Crippen molar-refractivity contribution in [2.75, 3.05) is 0 Å². The van der Waals surface area contributed by atoms with Gasteiger partial charge in [-0.2, -0.15) is 0 Å². The van der Waals surface area contributed by atoms with E-state index in [2.05, 4.69) is 15.2 Å². The van der Waals surface area contributed by atoms with Gasteiger partial charge in [0.1, 0.15) is 5.82 Å². The molecule has 0 amide bonds. The molecule has 0 aromatic carbocycles. The maximum Gasteiger partial charge on any atom is 0.293 e. The van der Waals surface area contributed by atoms with Crippen LogP contribution in [0.3, 0.4) is 0 Å². The Morgan fingerprint density at radius 2 is 2.36 bits per heavy atom. The Labute approximate surface area is 61.7 Å². The number of H-pyrrole nitrogens is 1. The van der Waals surface area contributed by atoms with Crippen molar-refractivity contribution in [2.24, 2.45) is 0 Å². The van der Waals surface area contributed by atoms with Gasteiger partial charge in [-0.05, 0) is 6.92 Å². The molecule has 0 saturated carbocycles. The van der Waals surface area contributed by atoms with Crippen molar-refractivity contribution in [3.05, 3.63) is 28.6 Å². The number of aryl methyl sites for hydroxylation is 1. The zero-order valence-electron chi connectivity index (χ0n) is 5.90. The molecule has 0 aliphatic heterocycles. The zero-order chi connectivity index (χ0) is 7.84. The predicted octanol–water partition coefficient (Wildman–Crippen LogP) is -0.274. The van der Waals surface area contributed by atoms with Crippen molar-refractivity contribution in [2.45, 2.75) is 6.92 Å². The average molecular weight is 150 g/mol. The maximum atomic E-state index is 11.0. The second-order valence-electron chi connectivity index (χ2n) is 2.23. The zero-order valence-corrected chi connectivity index (χ0v) is 5.90. The summed E-state index contributed by atoms with van der Waals surface area (Å²) >= 11 is 0. The molecule has 0 atom stereocenters. The predicted molar refractivity (Wildman–Crippen MR) is 38.3 cm³/mol. The van der Waals surface area contributed by atoms with Gasteiger partial charge in [-0.3, -0.25) is 9.20 Å². The molecule has 0 saturated heterocycles. The number of hydrogen-bond donors (Lipinski definition) is 1. The number of fused-ring (bicyclic) bond motifs is 1. The summed E-state index contributed by atoms with van der Waals surface area (Å²) in [5.41, 5.74) is 0.123. The van der Waals surface area contributed by atoms with Crippen LogP contribution in [-0.2, 0) is 0 Å². The van der Waals surface area contributed by atoms with Crippen LogP contribution in [0.5, 0.6) is 0 Å². The van der Waals surface area contributed by atoms with Gasteiger partial charge in [-0.1, -0.05) is 0 Å². The van der Waals surface area contributed by atoms with E-state index in [0.29, 0.717) is 11.5 Å². The average Bonchev–Trinajstić information content (AvgIpc) is 2.35. The normalized spacial score (nSPS) is 10.6. The molecule has 0 spiro atoms. The van der Waals surface area contributed by atoms with Crippen molar-refractivity contribution in [1.29, 1.82) is 0 Å². The van der Waals surface area contributed by atoms with E-state index in [4.69, 9.17) is 0 Å². The van der Waals surface area contributed by atoms with E-state index in [-0.39, 0.29) is 5.56 Å². The second kappa shape index (κ2) is 1.91. The molecule has 5 nitrogen and oxygen atoms in total. The minimum Gasteiger partial charge on any atom is -0.324 e. The number of aromatic amines is 1. The Balaban J connectivity index is 3.06. The molecule has 2 heterocycles. The first-order valence-electron chi connectivity index (χ1n) is 3.18. The Morgan fingerprint density at radius 3 is 3.09 bits per heavy atom. The largest absolute Gasteiger partial charge is 0.324 e. The summed E-state index contributed by atoms with van der Waals surface area (Å²) in [5.74, 6) is 0.714. The van der Waals surface area contributed by atoms with Gasteiger partial charge < -0.3 is 4.98 Å². The van der Waals surface area contributed by atoms with Crippen molar-refractivity contribution in [1.82, 2.24) is 19.6 Å². The van der Waals surface area contributed by atoms with Crippen LogP contribution in [0.2, 0.25) is 0 Å². The molecule has 0 aliphatic rings. The Hall–Kier alpha value is -1.65. The van der Waals surface area contributed by atoms with Crippen LogP contribution < -0.4 is 5.56 Å². The third kappa shape index (κ3) is 0.739. The first-order chi connectivity index (χ1) is 5.29. The second-order valence-corrected chi connectivity index (χ2v) is 2.23. The van der Waals surface area contributed by atoms with Gasteiger partial charge in [-0.25, -0.2) is 0 Å². The summed E-state index contributed by atoms with van der Waals surface area (Å²) in [6.07, 6.45) is 3.28. The standard InChI is InChI=1S/C6H6N4O/c1-4-8-9-5-6(11)7-2-3-10(4)5/h2-3H,1H3,(H,7,11). The van der Waals surface area contributed by atoms with Crippen LogP contribution in [0.15, 0.2) is 17.2 Å². The first kappa shape index (κ1) is 6.09. The highest BCUT2D eigenvalue weighted by Crippen LogP contribution is 1.93. The van der Waals surface area contributed by atoms with Gasteiger partial charge in [-0.15, -0.1) is 10.2 Å². The number of aromatic nitrogens is 4. The highest BCUT2D eigenvalue weighted by molar-refractivity contribution is 5.33. The van der Waals surface area contributed by atoms with Gasteiger partial charge in [0.2, 0.25) is 5.65 Å². The summed E-state index contributed by atoms with van der Waals surface area (Å²) in [5, 5.41) is 7.44. The van der Waals surface area contributed by atoms with Gasteiger partial charge in [0.05, 0.1) is 0 Å². The summed E-state index contributed by atoms with van der Waals surface area (Å²) in [7, 11) is 0. The van der Waals surface area contributed by atoms with Crippen LogP contribution in [0, 0.1) is 6.92 Å². The summed E-state index contributed by atoms with van der Waals surface area (Å²) in [6, 6.07) is 0. The molecule has 2 aromatic rings. The molecule has 0 fully saturated rings. The fraction of sp³-hybridized carbons (Fsp3) is 0.167. The molecular formula is C6H6N4O. The molecule has 2 aromatic heterocycles. The van der Waals surface area contributed by atoms with Crippen molar-refractivity contribution < 1.29 is 0 Å². The quantitative estimate of drug-likeness (QED) is 0.562. The Morgan fingerprint density at radius 1 is 1.55 bits per heavy atom. The summed E-state index contributed by atoms with van der Waals surface area (Å²) in [4.78, 5) is 13.5. The first-order valence-corrected chi connectivity index (χ1v) is 3.18. The van der Waals surface area contributed by atoms with E-state index in [1.54, 1.807) is 23.7 Å². The molecule has 56 valence electrons. The van der Waals surface area contributed by atoms with Gasteiger partial charge in [0.25, 0.3) is 5.56 Å². The van der Waals surface area contributed by atoms with E-state index < -0.39 is 0 Å². The lowest BCUT2D eigenvalue weighted by Crippen LogP contribution is -2.08. The van der Waals surface area contributed by atoms with Crippen LogP contribution >= 0.6 is 0 Å². The molecule has 0 unspecified atom stereocenters. The van der Waals surface area contributed by atoms with E-state index in [1.165, 1.54) is 0 Å². The Kier molecular flexibility index (Phi) is 1.06. The molecule has 0 radical (unpaired) electrons. The van der Waals surface area contributed by atoms with E-state index in [0.717, 1.165) is 0 Å². The summed E-state index contributed by atoms with van der Waals surface area (Å²) in [6.45, 7) is 1.79. The van der Waals surface area contributed by atoms with E-state index >= 15 is 0 Å². The fourth-order valence-corrected chi connectivity index (χ4v) is 0.955. The third-order valence-corrected chi connectivity index (χ3v) is 1.51. The molecule has 0 aliphatic carbocycles. The highest BCUT2D eigenvalue weighted by Gasteiger charge is 2.01. The van der Waals surface area contributed by atoms with Crippen LogP contribution in [0.4, 0.5) is 0 Å². The number of hydrogen-bond acceptors (Lipinski definition) is 3. The van der Waals surface area contributed by atoms with E-state index in [9.17, 15) is 4.79 Å². The minimum atomic E-state index is -0.215. The lowest BCUT2D eigenvalue weighted by atomic mass is 10.6. The van der Waals surface area contributed by atoms with Gasteiger partial charge in [0, 0.05) is 12.4 Å². The molecule has 2 rings (SSSR count). The number of nitrogens with zero attached hydrogens (tertiary/aromatic N) is 3. The molecule has 0 bridgehead atoms. The van der Waals surface area contributed by atoms with Crippen molar-refractivity contribution >= 4 is 5.65 Å². The molecular weight excluding hydrogens is 144 g/mol. The maximum absolute atomic E-state index is 11.0. The lowest BCUT2D eigenvalue weighted by molar-refractivity contribution is 0.999. The van der Waals surface area contributed by atoms with E-state index in [1.807, 2.05) is 0 Å². The number of nitrogens with one attached hydrogen (secondary N) is 1. The van der Waals surface area contributed by atoms with Crippen LogP contribution in [0.25, 0.3) is 5.65 Å². The molecule has 1 N–H and O–H groups in total. The van der Waals surface area contributed by atoms with Gasteiger partial charge >= 0.3 is 0 Å². The topological polar surface area (TPSA) is 63.0 Å². The third-order valence-electron chi connectivity index (χ3n) is 1.51. The highest BCUT2D eigenvalue weighted by atomic mass is 16.1. The fourth-order valence-electron chi connectivity index (χ4n) is 0.955. The summed E-state index contributed by atoms with van der Waals surface area (Å²) < 4.78 is 1.64. The minimum absolute atomic E-state index is 0.215. The monoisotopic (exact) mass is 150 g/mol. The molecule has 5 heteroatoms. The number of rotatable bonds is 0. The van der Waals surface area contributed by atoms with Crippen molar-refractivity contribution in [3.63, 3.8) is 0 Å². The lowest BCUT2D eigenvalue weighted by Gasteiger charge is -1.89. The Bertz CT molecular complexity index is 441. The smallest absolute Gasteiger partial charge is 0.293 e. The SMILES string of the molecule is Cc1nnc2c(=O)[nH]ccn12. The molecule has 11 heavy (non-hydrogen) atoms. The van der Waals surface area contributed by atoms with Gasteiger partial charge in [0.15, 0.2) is 0 Å². The van der Waals surface area contributed by atoms with Crippen molar-refractivity contribution in [3.8, 4) is 0 Å². The van der Waals surface area contributed by atoms with Crippen LogP contribution in [0.1, 0.15) is 5.82 Å². The van der Waals surface area contributed by atoms with Crippen LogP contribution in [-0.4, -0.2) is 19.6 Å².